The molecule has 0 saturated carbocycles. The number of hydrogen-bond acceptors (Lipinski definition) is 4. The first kappa shape index (κ1) is 13.3. The average molecular weight is 259 g/mol. The fourth-order valence-electron chi connectivity index (χ4n) is 2.02. The van der Waals surface area contributed by atoms with Gasteiger partial charge in [-0.05, 0) is 25.5 Å². The Morgan fingerprint density at radius 2 is 2.16 bits per heavy atom. The smallest absolute Gasteiger partial charge is 0.156 e. The van der Waals surface area contributed by atoms with Crippen molar-refractivity contribution in [2.75, 3.05) is 12.8 Å². The molecule has 1 heterocycles. The van der Waals surface area contributed by atoms with Crippen LogP contribution in [0, 0.1) is 13.8 Å². The molecule has 2 rings (SSSR count). The van der Waals surface area contributed by atoms with Gasteiger partial charge in [-0.3, -0.25) is 4.79 Å². The Labute approximate surface area is 112 Å². The quantitative estimate of drug-likeness (QED) is 0.854. The van der Waals surface area contributed by atoms with Gasteiger partial charge in [0, 0.05) is 12.7 Å². The summed E-state index contributed by atoms with van der Waals surface area (Å²) in [6, 6.07) is 6.03. The summed E-state index contributed by atoms with van der Waals surface area (Å²) in [7, 11) is 1.55. The number of nitrogens with two attached hydrogens (primary N) is 1. The molecule has 0 aliphatic heterocycles. The fraction of sp³-hybridized carbons (Fsp3) is 0.286. The molecular formula is C14H17N3O2. The Kier molecular flexibility index (Phi) is 3.66. The fourth-order valence-corrected chi connectivity index (χ4v) is 2.02. The molecule has 0 radical (unpaired) electrons. The van der Waals surface area contributed by atoms with E-state index in [0.29, 0.717) is 17.1 Å². The number of methoxy groups -OCH3 is 1. The number of benzene rings is 1. The van der Waals surface area contributed by atoms with Crippen LogP contribution in [0.2, 0.25) is 0 Å². The van der Waals surface area contributed by atoms with E-state index in [1.165, 1.54) is 4.68 Å². The monoisotopic (exact) mass is 259 g/mol. The van der Waals surface area contributed by atoms with E-state index in [1.807, 2.05) is 32.0 Å². The molecule has 19 heavy (non-hydrogen) atoms. The molecule has 1 aromatic carbocycles. The standard InChI is InChI=1S/C14H17N3O2/c1-9-4-5-10(2)11(6-9)13-12(7-18)14(15)17(16-13)8-19-3/h4-7H,8,15H2,1-3H3. The maximum absolute atomic E-state index is 11.3. The number of ether oxygens (including phenoxy) is 1. The SMILES string of the molecule is COCn1nc(-c2cc(C)ccc2C)c(C=O)c1N. The molecular weight excluding hydrogens is 242 g/mol. The van der Waals surface area contributed by atoms with Gasteiger partial charge in [0.05, 0.1) is 5.56 Å². The lowest BCUT2D eigenvalue weighted by Crippen LogP contribution is -2.06. The van der Waals surface area contributed by atoms with Crippen LogP contribution < -0.4 is 5.73 Å². The van der Waals surface area contributed by atoms with E-state index in [2.05, 4.69) is 5.10 Å². The highest BCUT2D eigenvalue weighted by Gasteiger charge is 2.17. The average Bonchev–Trinajstić information content (AvgIpc) is 2.70. The Morgan fingerprint density at radius 3 is 2.79 bits per heavy atom. The molecule has 100 valence electrons. The topological polar surface area (TPSA) is 70.1 Å². The van der Waals surface area contributed by atoms with Gasteiger partial charge in [0.15, 0.2) is 6.29 Å². The van der Waals surface area contributed by atoms with Crippen molar-refractivity contribution < 1.29 is 9.53 Å². The van der Waals surface area contributed by atoms with Gasteiger partial charge in [-0.25, -0.2) is 4.68 Å². The lowest BCUT2D eigenvalue weighted by Gasteiger charge is -2.04. The molecule has 5 nitrogen and oxygen atoms in total. The minimum Gasteiger partial charge on any atom is -0.383 e. The van der Waals surface area contributed by atoms with Crippen LogP contribution >= 0.6 is 0 Å². The van der Waals surface area contributed by atoms with Gasteiger partial charge in [-0.1, -0.05) is 17.7 Å². The van der Waals surface area contributed by atoms with Gasteiger partial charge in [0.25, 0.3) is 0 Å². The van der Waals surface area contributed by atoms with Crippen molar-refractivity contribution in [3.05, 3.63) is 34.9 Å². The van der Waals surface area contributed by atoms with Crippen molar-refractivity contribution >= 4 is 12.1 Å². The molecule has 2 aromatic rings. The van der Waals surface area contributed by atoms with Crippen molar-refractivity contribution in [1.82, 2.24) is 9.78 Å². The van der Waals surface area contributed by atoms with Gasteiger partial charge in [-0.15, -0.1) is 0 Å². The molecule has 0 aliphatic rings. The molecule has 2 N–H and O–H groups in total. The van der Waals surface area contributed by atoms with Crippen LogP contribution in [-0.4, -0.2) is 23.2 Å². The summed E-state index contributed by atoms with van der Waals surface area (Å²) in [6.45, 7) is 4.20. The number of anilines is 1. The number of nitrogens with zero attached hydrogens (tertiary/aromatic N) is 2. The van der Waals surface area contributed by atoms with Crippen molar-refractivity contribution in [2.45, 2.75) is 20.6 Å². The Morgan fingerprint density at radius 1 is 1.42 bits per heavy atom. The van der Waals surface area contributed by atoms with E-state index in [-0.39, 0.29) is 6.73 Å². The van der Waals surface area contributed by atoms with Gasteiger partial charge in [-0.2, -0.15) is 5.10 Å². The maximum atomic E-state index is 11.3. The predicted octanol–water partition coefficient (Wildman–Crippen LogP) is 2.17. The van der Waals surface area contributed by atoms with Crippen LogP contribution in [0.5, 0.6) is 0 Å². The lowest BCUT2D eigenvalue weighted by atomic mass is 10.0. The van der Waals surface area contributed by atoms with Gasteiger partial charge < -0.3 is 10.5 Å². The first-order valence-corrected chi connectivity index (χ1v) is 5.96. The number of aldehydes is 1. The largest absolute Gasteiger partial charge is 0.383 e. The zero-order chi connectivity index (χ0) is 14.0. The maximum Gasteiger partial charge on any atom is 0.156 e. The Bertz CT molecular complexity index is 617. The number of carbonyl (C=O) groups is 1. The van der Waals surface area contributed by atoms with Crippen molar-refractivity contribution in [3.63, 3.8) is 0 Å². The third kappa shape index (κ3) is 2.37. The molecule has 0 unspecified atom stereocenters. The number of nitrogen functional groups attached to an aromatic ring is 1. The van der Waals surface area contributed by atoms with Crippen LogP contribution in [0.1, 0.15) is 21.5 Å². The second kappa shape index (κ2) is 5.24. The minimum absolute atomic E-state index is 0.220. The van der Waals surface area contributed by atoms with Crippen molar-refractivity contribution in [3.8, 4) is 11.3 Å². The minimum atomic E-state index is 0.220. The molecule has 0 spiro atoms. The summed E-state index contributed by atoms with van der Waals surface area (Å²) >= 11 is 0. The summed E-state index contributed by atoms with van der Waals surface area (Å²) in [5.41, 5.74) is 10.0. The van der Waals surface area contributed by atoms with Crippen LogP contribution in [-0.2, 0) is 11.5 Å². The normalized spacial score (nSPS) is 10.7. The van der Waals surface area contributed by atoms with Gasteiger partial charge in [0.2, 0.25) is 0 Å². The number of rotatable bonds is 4. The van der Waals surface area contributed by atoms with E-state index >= 15 is 0 Å². The van der Waals surface area contributed by atoms with Crippen LogP contribution in [0.3, 0.4) is 0 Å². The summed E-state index contributed by atoms with van der Waals surface area (Å²) in [6.07, 6.45) is 0.742. The highest BCUT2D eigenvalue weighted by molar-refractivity contribution is 5.92. The third-order valence-electron chi connectivity index (χ3n) is 3.05. The molecule has 0 amide bonds. The second-order valence-electron chi connectivity index (χ2n) is 4.50. The van der Waals surface area contributed by atoms with Gasteiger partial charge >= 0.3 is 0 Å². The molecule has 5 heteroatoms. The number of aryl methyl sites for hydroxylation is 2. The molecule has 1 aromatic heterocycles. The zero-order valence-electron chi connectivity index (χ0n) is 11.3. The van der Waals surface area contributed by atoms with Crippen molar-refractivity contribution in [2.24, 2.45) is 0 Å². The second-order valence-corrected chi connectivity index (χ2v) is 4.50. The predicted molar refractivity (Wildman–Crippen MR) is 73.9 cm³/mol. The summed E-state index contributed by atoms with van der Waals surface area (Å²) in [5.74, 6) is 0.327. The molecule has 0 fully saturated rings. The summed E-state index contributed by atoms with van der Waals surface area (Å²) in [4.78, 5) is 11.3. The first-order valence-electron chi connectivity index (χ1n) is 5.96. The zero-order valence-corrected chi connectivity index (χ0v) is 11.3. The lowest BCUT2D eigenvalue weighted by molar-refractivity contribution is 0.112. The van der Waals surface area contributed by atoms with E-state index in [4.69, 9.17) is 10.5 Å². The van der Waals surface area contributed by atoms with Crippen molar-refractivity contribution in [1.29, 1.82) is 0 Å². The number of carbonyl (C=O) groups excluding carboxylic acids is 1. The summed E-state index contributed by atoms with van der Waals surface area (Å²) in [5, 5.41) is 4.38. The van der Waals surface area contributed by atoms with E-state index < -0.39 is 0 Å². The molecule has 0 saturated heterocycles. The van der Waals surface area contributed by atoms with E-state index in [1.54, 1.807) is 7.11 Å². The van der Waals surface area contributed by atoms with E-state index in [9.17, 15) is 4.79 Å². The van der Waals surface area contributed by atoms with Gasteiger partial charge in [0.1, 0.15) is 18.2 Å². The highest BCUT2D eigenvalue weighted by atomic mass is 16.5. The number of hydrogen-bond donors (Lipinski definition) is 1. The van der Waals surface area contributed by atoms with Crippen LogP contribution in [0.4, 0.5) is 5.82 Å². The number of aromatic nitrogens is 2. The third-order valence-corrected chi connectivity index (χ3v) is 3.05. The van der Waals surface area contributed by atoms with Crippen LogP contribution in [0.15, 0.2) is 18.2 Å². The first-order chi connectivity index (χ1) is 9.08. The molecule has 0 bridgehead atoms. The van der Waals surface area contributed by atoms with Crippen LogP contribution in [0.25, 0.3) is 11.3 Å². The Balaban J connectivity index is 2.64. The molecule has 0 aliphatic carbocycles. The molecule has 0 atom stereocenters. The Hall–Kier alpha value is -2.14. The summed E-state index contributed by atoms with van der Waals surface area (Å²) < 4.78 is 6.50. The highest BCUT2D eigenvalue weighted by Crippen LogP contribution is 2.29. The van der Waals surface area contributed by atoms with E-state index in [0.717, 1.165) is 23.0 Å².